The number of methoxy groups -OCH3 is 1. The monoisotopic (exact) mass is 295 g/mol. The van der Waals surface area contributed by atoms with Gasteiger partial charge in [-0.1, -0.05) is 23.7 Å². The van der Waals surface area contributed by atoms with Crippen LogP contribution >= 0.6 is 11.6 Å². The topological polar surface area (TPSA) is 41.5 Å². The minimum atomic E-state index is -0.722. The third-order valence-electron chi connectivity index (χ3n) is 2.90. The van der Waals surface area contributed by atoms with Gasteiger partial charge in [0.2, 0.25) is 0 Å². The third kappa shape index (κ3) is 3.62. The van der Waals surface area contributed by atoms with Gasteiger partial charge in [-0.25, -0.2) is 4.39 Å². The van der Waals surface area contributed by atoms with Crippen molar-refractivity contribution in [3.8, 4) is 5.75 Å². The maximum Gasteiger partial charge on any atom is 0.142 e. The van der Waals surface area contributed by atoms with Gasteiger partial charge in [0.25, 0.3) is 0 Å². The lowest BCUT2D eigenvalue weighted by Crippen LogP contribution is -2.12. The van der Waals surface area contributed by atoms with Gasteiger partial charge in [-0.15, -0.1) is 0 Å². The Morgan fingerprint density at radius 3 is 2.60 bits per heavy atom. The summed E-state index contributed by atoms with van der Waals surface area (Å²) in [5, 5.41) is 13.6. The molecule has 0 aliphatic rings. The van der Waals surface area contributed by atoms with Crippen LogP contribution in [0, 0.1) is 5.82 Å². The van der Waals surface area contributed by atoms with Gasteiger partial charge in [-0.2, -0.15) is 0 Å². The van der Waals surface area contributed by atoms with Crippen LogP contribution in [0.25, 0.3) is 0 Å². The van der Waals surface area contributed by atoms with E-state index in [4.69, 9.17) is 16.3 Å². The Balaban J connectivity index is 2.04. The summed E-state index contributed by atoms with van der Waals surface area (Å²) in [7, 11) is 1.51. The smallest absolute Gasteiger partial charge is 0.142 e. The molecule has 106 valence electrons. The molecule has 0 aliphatic carbocycles. The quantitative estimate of drug-likeness (QED) is 0.885. The fourth-order valence-corrected chi connectivity index (χ4v) is 1.95. The van der Waals surface area contributed by atoms with Crippen molar-refractivity contribution in [3.05, 3.63) is 58.9 Å². The molecule has 2 rings (SSSR count). The van der Waals surface area contributed by atoms with E-state index >= 15 is 0 Å². The highest BCUT2D eigenvalue weighted by Gasteiger charge is 2.10. The molecule has 0 radical (unpaired) electrons. The number of rotatable bonds is 5. The molecule has 1 unspecified atom stereocenters. The molecule has 0 bridgehead atoms. The predicted molar refractivity (Wildman–Crippen MR) is 77.9 cm³/mol. The van der Waals surface area contributed by atoms with Crippen LogP contribution in [0.15, 0.2) is 42.5 Å². The average molecular weight is 296 g/mol. The maximum absolute atomic E-state index is 13.2. The lowest BCUT2D eigenvalue weighted by molar-refractivity contribution is 0.191. The highest BCUT2D eigenvalue weighted by Crippen LogP contribution is 2.26. The van der Waals surface area contributed by atoms with E-state index in [1.807, 2.05) is 0 Å². The molecule has 0 saturated heterocycles. The predicted octanol–water partition coefficient (Wildman–Crippen LogP) is 3.63. The molecular formula is C15H15ClFNO2. The number of halogens is 2. The van der Waals surface area contributed by atoms with E-state index in [9.17, 15) is 9.50 Å². The first kappa shape index (κ1) is 14.6. The second-order valence-electron chi connectivity index (χ2n) is 4.29. The van der Waals surface area contributed by atoms with Crippen molar-refractivity contribution in [2.75, 3.05) is 19.0 Å². The molecular weight excluding hydrogens is 281 g/mol. The van der Waals surface area contributed by atoms with Crippen LogP contribution in [0.5, 0.6) is 5.75 Å². The van der Waals surface area contributed by atoms with Crippen LogP contribution in [0.4, 0.5) is 10.1 Å². The van der Waals surface area contributed by atoms with Crippen molar-refractivity contribution in [2.24, 2.45) is 0 Å². The van der Waals surface area contributed by atoms with E-state index in [-0.39, 0.29) is 12.4 Å². The number of benzene rings is 2. The van der Waals surface area contributed by atoms with E-state index in [1.54, 1.807) is 24.3 Å². The van der Waals surface area contributed by atoms with Crippen molar-refractivity contribution in [1.29, 1.82) is 0 Å². The van der Waals surface area contributed by atoms with Gasteiger partial charge >= 0.3 is 0 Å². The number of nitrogens with one attached hydrogen (secondary N) is 1. The molecule has 0 heterocycles. The third-order valence-corrected chi connectivity index (χ3v) is 3.15. The van der Waals surface area contributed by atoms with Crippen molar-refractivity contribution in [2.45, 2.75) is 6.10 Å². The van der Waals surface area contributed by atoms with Gasteiger partial charge in [-0.05, 0) is 29.8 Å². The summed E-state index contributed by atoms with van der Waals surface area (Å²) in [6.07, 6.45) is -0.722. The van der Waals surface area contributed by atoms with E-state index in [0.717, 1.165) is 5.56 Å². The molecule has 0 fully saturated rings. The summed E-state index contributed by atoms with van der Waals surface area (Å²) in [4.78, 5) is 0. The molecule has 0 saturated carbocycles. The van der Waals surface area contributed by atoms with Gasteiger partial charge in [0.05, 0.1) is 18.9 Å². The Labute approximate surface area is 122 Å². The summed E-state index contributed by atoms with van der Waals surface area (Å²) in [5.74, 6) is 0.156. The molecule has 20 heavy (non-hydrogen) atoms. The SMILES string of the molecule is COc1ccc(F)cc1NCC(O)c1ccc(Cl)cc1. The van der Waals surface area contributed by atoms with Crippen molar-refractivity contribution < 1.29 is 14.2 Å². The van der Waals surface area contributed by atoms with Gasteiger partial charge in [0.15, 0.2) is 0 Å². The first-order valence-electron chi connectivity index (χ1n) is 6.11. The molecule has 0 aromatic heterocycles. The molecule has 2 aromatic rings. The first-order valence-corrected chi connectivity index (χ1v) is 6.49. The zero-order valence-corrected chi connectivity index (χ0v) is 11.7. The average Bonchev–Trinajstić information content (AvgIpc) is 2.45. The van der Waals surface area contributed by atoms with Crippen molar-refractivity contribution in [1.82, 2.24) is 0 Å². The minimum Gasteiger partial charge on any atom is -0.495 e. The van der Waals surface area contributed by atoms with Gasteiger partial charge < -0.3 is 15.2 Å². The molecule has 3 nitrogen and oxygen atoms in total. The van der Waals surface area contributed by atoms with Crippen LogP contribution in [0.3, 0.4) is 0 Å². The van der Waals surface area contributed by atoms with Gasteiger partial charge in [0, 0.05) is 17.6 Å². The molecule has 0 aliphatic heterocycles. The zero-order chi connectivity index (χ0) is 14.5. The Morgan fingerprint density at radius 1 is 1.25 bits per heavy atom. The van der Waals surface area contributed by atoms with Crippen LogP contribution in [0.2, 0.25) is 5.02 Å². The van der Waals surface area contributed by atoms with E-state index in [0.29, 0.717) is 16.5 Å². The summed E-state index contributed by atoms with van der Waals surface area (Å²) < 4.78 is 18.3. The Morgan fingerprint density at radius 2 is 1.95 bits per heavy atom. The number of aliphatic hydroxyl groups is 1. The number of ether oxygens (including phenoxy) is 1. The van der Waals surface area contributed by atoms with Gasteiger partial charge in [-0.3, -0.25) is 0 Å². The molecule has 5 heteroatoms. The Bertz CT molecular complexity index is 575. The van der Waals surface area contributed by atoms with Crippen LogP contribution in [0.1, 0.15) is 11.7 Å². The van der Waals surface area contributed by atoms with Crippen LogP contribution in [-0.4, -0.2) is 18.8 Å². The van der Waals surface area contributed by atoms with Crippen molar-refractivity contribution >= 4 is 17.3 Å². The van der Waals surface area contributed by atoms with E-state index in [2.05, 4.69) is 5.32 Å². The molecule has 2 N–H and O–H groups in total. The van der Waals surface area contributed by atoms with Crippen LogP contribution < -0.4 is 10.1 Å². The summed E-state index contributed by atoms with van der Waals surface area (Å²) in [6.45, 7) is 0.238. The summed E-state index contributed by atoms with van der Waals surface area (Å²) in [6, 6.07) is 11.1. The summed E-state index contributed by atoms with van der Waals surface area (Å²) in [5.41, 5.74) is 1.23. The minimum absolute atomic E-state index is 0.238. The second-order valence-corrected chi connectivity index (χ2v) is 4.73. The highest BCUT2D eigenvalue weighted by molar-refractivity contribution is 6.30. The molecule has 0 spiro atoms. The molecule has 2 aromatic carbocycles. The maximum atomic E-state index is 13.2. The second kappa shape index (κ2) is 6.59. The van der Waals surface area contributed by atoms with Crippen LogP contribution in [-0.2, 0) is 0 Å². The fraction of sp³-hybridized carbons (Fsp3) is 0.200. The highest BCUT2D eigenvalue weighted by atomic mass is 35.5. The number of hydrogen-bond donors (Lipinski definition) is 2. The fourth-order valence-electron chi connectivity index (χ4n) is 1.83. The Kier molecular flexibility index (Phi) is 4.82. The zero-order valence-electron chi connectivity index (χ0n) is 10.9. The lowest BCUT2D eigenvalue weighted by Gasteiger charge is -2.15. The summed E-state index contributed by atoms with van der Waals surface area (Å²) >= 11 is 5.79. The van der Waals surface area contributed by atoms with Crippen molar-refractivity contribution in [3.63, 3.8) is 0 Å². The number of anilines is 1. The number of aliphatic hydroxyl groups excluding tert-OH is 1. The normalized spacial score (nSPS) is 12.0. The first-order chi connectivity index (χ1) is 9.60. The lowest BCUT2D eigenvalue weighted by atomic mass is 10.1. The molecule has 1 atom stereocenters. The van der Waals surface area contributed by atoms with E-state index < -0.39 is 6.10 Å². The standard InChI is InChI=1S/C15H15ClFNO2/c1-20-15-7-6-12(17)8-13(15)18-9-14(19)10-2-4-11(16)5-3-10/h2-8,14,18-19H,9H2,1H3. The Hall–Kier alpha value is -1.78. The largest absolute Gasteiger partial charge is 0.495 e. The molecule has 0 amide bonds. The van der Waals surface area contributed by atoms with E-state index in [1.165, 1.54) is 25.3 Å². The number of hydrogen-bond acceptors (Lipinski definition) is 3. The van der Waals surface area contributed by atoms with Gasteiger partial charge in [0.1, 0.15) is 11.6 Å².